The van der Waals surface area contributed by atoms with Crippen molar-refractivity contribution in [2.45, 2.75) is 37.5 Å². The Labute approximate surface area is 209 Å². The average molecular weight is 541 g/mol. The first-order valence-electron chi connectivity index (χ1n) is 10.4. The van der Waals surface area contributed by atoms with Gasteiger partial charge in [0, 0.05) is 29.6 Å². The van der Waals surface area contributed by atoms with E-state index in [0.29, 0.717) is 28.6 Å². The van der Waals surface area contributed by atoms with Crippen LogP contribution < -0.4 is 4.72 Å². The first kappa shape index (κ1) is 25.3. The molecule has 0 saturated carbocycles. The molecule has 0 unspecified atom stereocenters. The highest BCUT2D eigenvalue weighted by atomic mass is 35.5. The molecule has 4 rings (SSSR count). The van der Waals surface area contributed by atoms with Crippen molar-refractivity contribution in [2.75, 3.05) is 11.3 Å². The lowest BCUT2D eigenvalue weighted by Crippen LogP contribution is -2.16. The van der Waals surface area contributed by atoms with E-state index in [1.807, 2.05) is 20.8 Å². The number of hydrogen-bond acceptors (Lipinski definition) is 6. The first-order valence-corrected chi connectivity index (χ1v) is 13.1. The minimum absolute atomic E-state index is 0.00212. The van der Waals surface area contributed by atoms with Crippen molar-refractivity contribution < 1.29 is 21.6 Å². The number of sulfonamides is 1. The number of aromatic nitrogens is 1. The second-order valence-corrected chi connectivity index (χ2v) is 11.7. The topological polar surface area (TPSA) is 83.8 Å². The van der Waals surface area contributed by atoms with Gasteiger partial charge in [0.1, 0.15) is 17.5 Å². The fourth-order valence-electron chi connectivity index (χ4n) is 3.36. The Hall–Kier alpha value is -2.76. The summed E-state index contributed by atoms with van der Waals surface area (Å²) in [6.45, 7) is 6.29. The second-order valence-electron chi connectivity index (χ2n) is 8.76. The minimum Gasteiger partial charge on any atom is -0.279 e. The molecule has 0 bridgehead atoms. The predicted molar refractivity (Wildman–Crippen MR) is 133 cm³/mol. The van der Waals surface area contributed by atoms with Crippen molar-refractivity contribution in [2.24, 2.45) is 9.98 Å². The highest BCUT2D eigenvalue weighted by Crippen LogP contribution is 2.38. The van der Waals surface area contributed by atoms with Crippen molar-refractivity contribution in [3.8, 4) is 11.3 Å². The Morgan fingerprint density at radius 1 is 1.06 bits per heavy atom. The molecule has 0 fully saturated rings. The Kier molecular flexibility index (Phi) is 6.78. The third-order valence-corrected chi connectivity index (χ3v) is 8.18. The summed E-state index contributed by atoms with van der Waals surface area (Å²) in [4.78, 5) is 12.5. The number of halogens is 4. The molecule has 0 atom stereocenters. The maximum absolute atomic E-state index is 15.0. The lowest BCUT2D eigenvalue weighted by atomic mass is 9.98. The van der Waals surface area contributed by atoms with Crippen LogP contribution >= 0.6 is 22.9 Å². The summed E-state index contributed by atoms with van der Waals surface area (Å²) in [6.07, 6.45) is 0.468. The highest BCUT2D eigenvalue weighted by Gasteiger charge is 2.28. The van der Waals surface area contributed by atoms with Crippen LogP contribution in [0.5, 0.6) is 0 Å². The molecular formula is C23H20ClF3N4O2S2. The number of nitrogens with one attached hydrogen (secondary N) is 1. The molecule has 0 amide bonds. The summed E-state index contributed by atoms with van der Waals surface area (Å²) in [7, 11) is -4.64. The third kappa shape index (κ3) is 5.26. The number of thiazole rings is 1. The molecule has 0 spiro atoms. The van der Waals surface area contributed by atoms with Crippen molar-refractivity contribution >= 4 is 49.7 Å². The number of nitrogens with zero attached hydrogens (tertiary/aromatic N) is 3. The van der Waals surface area contributed by atoms with Gasteiger partial charge in [-0.15, -0.1) is 11.3 Å². The van der Waals surface area contributed by atoms with Crippen LogP contribution in [-0.4, -0.2) is 31.0 Å². The van der Waals surface area contributed by atoms with E-state index in [1.54, 1.807) is 0 Å². The summed E-state index contributed by atoms with van der Waals surface area (Å²) in [5.41, 5.74) is 0.406. The molecule has 1 aliphatic rings. The molecule has 184 valence electrons. The molecule has 1 aliphatic heterocycles. The van der Waals surface area contributed by atoms with Gasteiger partial charge in [-0.2, -0.15) is 0 Å². The van der Waals surface area contributed by atoms with E-state index in [0.717, 1.165) is 30.3 Å². The molecule has 0 radical (unpaired) electrons. The number of anilines is 1. The van der Waals surface area contributed by atoms with Gasteiger partial charge in [-0.1, -0.05) is 26.8 Å². The molecule has 0 saturated heterocycles. The molecule has 35 heavy (non-hydrogen) atoms. The smallest absolute Gasteiger partial charge is 0.267 e. The van der Waals surface area contributed by atoms with E-state index in [2.05, 4.69) is 19.7 Å². The summed E-state index contributed by atoms with van der Waals surface area (Å²) in [5.74, 6) is -3.15. The van der Waals surface area contributed by atoms with Crippen molar-refractivity contribution in [3.63, 3.8) is 0 Å². The molecule has 12 heteroatoms. The van der Waals surface area contributed by atoms with Gasteiger partial charge in [0.05, 0.1) is 21.3 Å². The number of aliphatic imine (C=N–C) groups is 2. The Balaban J connectivity index is 1.82. The van der Waals surface area contributed by atoms with Gasteiger partial charge in [0.15, 0.2) is 4.90 Å². The number of rotatable bonds is 5. The molecule has 1 aromatic heterocycles. The predicted octanol–water partition coefficient (Wildman–Crippen LogP) is 6.11. The lowest BCUT2D eigenvalue weighted by molar-refractivity contribution is 0.521. The molecule has 1 N–H and O–H groups in total. The normalized spacial score (nSPS) is 14.5. The summed E-state index contributed by atoms with van der Waals surface area (Å²) in [6, 6.07) is 6.18. The lowest BCUT2D eigenvalue weighted by Gasteiger charge is -2.13. The van der Waals surface area contributed by atoms with Crippen LogP contribution in [-0.2, 0) is 15.4 Å². The van der Waals surface area contributed by atoms with E-state index in [-0.39, 0.29) is 27.7 Å². The van der Waals surface area contributed by atoms with Crippen LogP contribution in [0.15, 0.2) is 51.3 Å². The number of amidine groups is 1. The highest BCUT2D eigenvalue weighted by molar-refractivity contribution is 7.92. The van der Waals surface area contributed by atoms with Crippen molar-refractivity contribution in [3.05, 3.63) is 63.7 Å². The molecule has 0 aliphatic carbocycles. The van der Waals surface area contributed by atoms with Gasteiger partial charge >= 0.3 is 0 Å². The van der Waals surface area contributed by atoms with E-state index < -0.39 is 32.4 Å². The Bertz CT molecular complexity index is 1460. The number of hydrogen-bond donors (Lipinski definition) is 1. The zero-order chi connectivity index (χ0) is 25.5. The maximum Gasteiger partial charge on any atom is 0.267 e. The average Bonchev–Trinajstić information content (AvgIpc) is 3.20. The molecule has 2 aromatic carbocycles. The molecule has 3 aromatic rings. The zero-order valence-corrected chi connectivity index (χ0v) is 21.3. The van der Waals surface area contributed by atoms with Gasteiger partial charge in [-0.25, -0.2) is 31.6 Å². The molecular weight excluding hydrogens is 521 g/mol. The number of benzene rings is 2. The fraction of sp³-hybridized carbons (Fsp3) is 0.261. The van der Waals surface area contributed by atoms with E-state index in [4.69, 9.17) is 11.6 Å². The Morgan fingerprint density at radius 3 is 2.37 bits per heavy atom. The standard InChI is InChI=1S/C23H20ClF3N4O2S2/c1-23(2,3)21-30-18(19(34-21)17-9-10-28-22(24)29-17)13-11-12(7-8-14(13)25)31-35(32,33)20-15(26)5-4-6-16(20)27/h4-8,11,31H,9-10H2,1-3H3. The van der Waals surface area contributed by atoms with Crippen LogP contribution in [0, 0.1) is 17.5 Å². The van der Waals surface area contributed by atoms with Crippen LogP contribution in [0.4, 0.5) is 18.9 Å². The van der Waals surface area contributed by atoms with E-state index in [1.165, 1.54) is 17.4 Å². The van der Waals surface area contributed by atoms with Crippen LogP contribution in [0.1, 0.15) is 37.1 Å². The largest absolute Gasteiger partial charge is 0.279 e. The SMILES string of the molecule is CC(C)(C)c1nc(-c2cc(NS(=O)(=O)c3c(F)cccc3F)ccc2F)c(C2=NC(Cl)=NCC2)s1. The first-order chi connectivity index (χ1) is 16.4. The second kappa shape index (κ2) is 9.36. The van der Waals surface area contributed by atoms with Crippen molar-refractivity contribution in [1.82, 2.24) is 4.98 Å². The maximum atomic E-state index is 15.0. The summed E-state index contributed by atoms with van der Waals surface area (Å²) >= 11 is 7.34. The quantitative estimate of drug-likeness (QED) is 0.396. The van der Waals surface area contributed by atoms with Gasteiger partial charge in [-0.05, 0) is 41.9 Å². The van der Waals surface area contributed by atoms with Gasteiger partial charge in [0.25, 0.3) is 10.0 Å². The zero-order valence-electron chi connectivity index (χ0n) is 18.9. The molecule has 6 nitrogen and oxygen atoms in total. The fourth-order valence-corrected chi connectivity index (χ4v) is 5.89. The van der Waals surface area contributed by atoms with Gasteiger partial charge < -0.3 is 0 Å². The van der Waals surface area contributed by atoms with Gasteiger partial charge in [-0.3, -0.25) is 9.71 Å². The van der Waals surface area contributed by atoms with Crippen LogP contribution in [0.25, 0.3) is 11.3 Å². The van der Waals surface area contributed by atoms with Gasteiger partial charge in [0.2, 0.25) is 5.29 Å². The summed E-state index contributed by atoms with van der Waals surface area (Å²) < 4.78 is 70.8. The van der Waals surface area contributed by atoms with Crippen molar-refractivity contribution in [1.29, 1.82) is 0 Å². The minimum atomic E-state index is -4.64. The Morgan fingerprint density at radius 2 is 1.74 bits per heavy atom. The van der Waals surface area contributed by atoms with E-state index >= 15 is 4.39 Å². The van der Waals surface area contributed by atoms with Crippen LogP contribution in [0.2, 0.25) is 0 Å². The molecule has 2 heterocycles. The van der Waals surface area contributed by atoms with E-state index in [9.17, 15) is 17.2 Å². The third-order valence-electron chi connectivity index (χ3n) is 5.01. The summed E-state index contributed by atoms with van der Waals surface area (Å²) in [5, 5.41) is 0.791. The van der Waals surface area contributed by atoms with Crippen LogP contribution in [0.3, 0.4) is 0 Å². The monoisotopic (exact) mass is 540 g/mol.